The van der Waals surface area contributed by atoms with Gasteiger partial charge in [0.1, 0.15) is 0 Å². The fraction of sp³-hybridized carbons (Fsp3) is 0.545. The molecule has 0 aliphatic carbocycles. The minimum Gasteiger partial charge on any atom is -0.328 e. The van der Waals surface area contributed by atoms with Gasteiger partial charge >= 0.3 is 0 Å². The van der Waals surface area contributed by atoms with E-state index in [4.69, 9.17) is 5.73 Å². The van der Waals surface area contributed by atoms with Crippen LogP contribution in [0.15, 0.2) is 24.4 Å². The number of piperidine rings is 1. The fourth-order valence-corrected chi connectivity index (χ4v) is 2.12. The molecule has 3 atom stereocenters. The van der Waals surface area contributed by atoms with Crippen LogP contribution in [0.25, 0.3) is 0 Å². The summed E-state index contributed by atoms with van der Waals surface area (Å²) in [5, 5.41) is 3.52. The highest BCUT2D eigenvalue weighted by Gasteiger charge is 2.24. The van der Waals surface area contributed by atoms with Crippen molar-refractivity contribution in [2.24, 2.45) is 5.73 Å². The van der Waals surface area contributed by atoms with E-state index in [-0.39, 0.29) is 0 Å². The molecule has 1 aliphatic heterocycles. The second-order valence-corrected chi connectivity index (χ2v) is 4.11. The van der Waals surface area contributed by atoms with Gasteiger partial charge in [-0.2, -0.15) is 0 Å². The zero-order valence-corrected chi connectivity index (χ0v) is 8.48. The summed E-state index contributed by atoms with van der Waals surface area (Å²) in [6.45, 7) is 2.18. The number of hydrogen-bond donors (Lipinski definition) is 2. The summed E-state index contributed by atoms with van der Waals surface area (Å²) < 4.78 is 0. The number of pyridine rings is 1. The van der Waals surface area contributed by atoms with Crippen LogP contribution in [0.2, 0.25) is 0 Å². The molecule has 3 N–H and O–H groups in total. The number of nitrogens with two attached hydrogens (primary N) is 1. The van der Waals surface area contributed by atoms with E-state index in [1.807, 2.05) is 18.3 Å². The number of aromatic nitrogens is 1. The van der Waals surface area contributed by atoms with Gasteiger partial charge in [-0.15, -0.1) is 0 Å². The van der Waals surface area contributed by atoms with Gasteiger partial charge in [0.2, 0.25) is 0 Å². The van der Waals surface area contributed by atoms with Gasteiger partial charge in [0.25, 0.3) is 0 Å². The fourth-order valence-electron chi connectivity index (χ4n) is 2.12. The van der Waals surface area contributed by atoms with E-state index < -0.39 is 0 Å². The third-order valence-corrected chi connectivity index (χ3v) is 2.73. The van der Waals surface area contributed by atoms with Gasteiger partial charge in [0.15, 0.2) is 0 Å². The van der Waals surface area contributed by atoms with Crippen molar-refractivity contribution < 1.29 is 0 Å². The molecule has 3 nitrogen and oxygen atoms in total. The molecule has 3 heteroatoms. The molecule has 1 aromatic heterocycles. The molecular formula is C11H17N3. The van der Waals surface area contributed by atoms with Crippen molar-refractivity contribution in [3.05, 3.63) is 30.1 Å². The maximum atomic E-state index is 5.99. The van der Waals surface area contributed by atoms with Crippen LogP contribution in [0, 0.1) is 0 Å². The summed E-state index contributed by atoms with van der Waals surface area (Å²) in [5.41, 5.74) is 7.09. The van der Waals surface area contributed by atoms with Crippen LogP contribution >= 0.6 is 0 Å². The standard InChI is InChI=1S/C11H17N3/c1-8-6-9(12)7-11(14-8)10-4-2-3-5-13-10/h2-5,8-9,11,14H,6-7,12H2,1H3/t8-,9+,11-/m0/s1. The van der Waals surface area contributed by atoms with Gasteiger partial charge in [-0.1, -0.05) is 6.07 Å². The molecule has 1 aliphatic rings. The van der Waals surface area contributed by atoms with Crippen LogP contribution in [0.1, 0.15) is 31.5 Å². The van der Waals surface area contributed by atoms with Crippen molar-refractivity contribution in [1.29, 1.82) is 0 Å². The highest BCUT2D eigenvalue weighted by Crippen LogP contribution is 2.22. The second-order valence-electron chi connectivity index (χ2n) is 4.11. The molecule has 0 radical (unpaired) electrons. The van der Waals surface area contributed by atoms with Crippen LogP contribution in [0.5, 0.6) is 0 Å². The molecule has 2 rings (SSSR count). The Balaban J connectivity index is 2.11. The van der Waals surface area contributed by atoms with Crippen molar-refractivity contribution in [1.82, 2.24) is 10.3 Å². The Morgan fingerprint density at radius 2 is 2.29 bits per heavy atom. The van der Waals surface area contributed by atoms with Gasteiger partial charge in [-0.05, 0) is 31.9 Å². The topological polar surface area (TPSA) is 50.9 Å². The zero-order chi connectivity index (χ0) is 9.97. The molecular weight excluding hydrogens is 174 g/mol. The summed E-state index contributed by atoms with van der Waals surface area (Å²) >= 11 is 0. The summed E-state index contributed by atoms with van der Waals surface area (Å²) in [7, 11) is 0. The Kier molecular flexibility index (Phi) is 2.79. The van der Waals surface area contributed by atoms with Gasteiger partial charge < -0.3 is 11.1 Å². The molecule has 2 heterocycles. The van der Waals surface area contributed by atoms with Crippen LogP contribution < -0.4 is 11.1 Å². The van der Waals surface area contributed by atoms with E-state index in [1.54, 1.807) is 0 Å². The summed E-state index contributed by atoms with van der Waals surface area (Å²) in [4.78, 5) is 4.35. The molecule has 76 valence electrons. The molecule has 0 spiro atoms. The van der Waals surface area contributed by atoms with Gasteiger partial charge in [0.05, 0.1) is 11.7 Å². The highest BCUT2D eigenvalue weighted by atomic mass is 15.0. The molecule has 1 aromatic rings. The second kappa shape index (κ2) is 4.07. The lowest BCUT2D eigenvalue weighted by Gasteiger charge is -2.32. The number of hydrogen-bond acceptors (Lipinski definition) is 3. The molecule has 14 heavy (non-hydrogen) atoms. The van der Waals surface area contributed by atoms with Crippen LogP contribution in [0.4, 0.5) is 0 Å². The van der Waals surface area contributed by atoms with Crippen molar-refractivity contribution in [2.45, 2.75) is 37.9 Å². The smallest absolute Gasteiger partial charge is 0.0573 e. The molecule has 0 saturated carbocycles. The predicted octanol–water partition coefficient (Wildman–Crippen LogP) is 1.22. The maximum Gasteiger partial charge on any atom is 0.0573 e. The Morgan fingerprint density at radius 3 is 2.93 bits per heavy atom. The first kappa shape index (κ1) is 9.62. The van der Waals surface area contributed by atoms with Crippen LogP contribution in [0.3, 0.4) is 0 Å². The first-order valence-electron chi connectivity index (χ1n) is 5.18. The SMILES string of the molecule is C[C@H]1C[C@@H](N)C[C@@H](c2ccccn2)N1. The summed E-state index contributed by atoms with van der Waals surface area (Å²) in [6.07, 6.45) is 3.88. The third kappa shape index (κ3) is 2.11. The van der Waals surface area contributed by atoms with Gasteiger partial charge in [0, 0.05) is 18.3 Å². The van der Waals surface area contributed by atoms with Crippen LogP contribution in [-0.2, 0) is 0 Å². The van der Waals surface area contributed by atoms with Gasteiger partial charge in [-0.25, -0.2) is 0 Å². The van der Waals surface area contributed by atoms with E-state index in [9.17, 15) is 0 Å². The van der Waals surface area contributed by atoms with Crippen LogP contribution in [-0.4, -0.2) is 17.1 Å². The van der Waals surface area contributed by atoms with E-state index in [0.29, 0.717) is 18.1 Å². The minimum atomic E-state index is 0.304. The number of nitrogens with one attached hydrogen (secondary N) is 1. The van der Waals surface area contributed by atoms with Crippen molar-refractivity contribution in [3.8, 4) is 0 Å². The molecule has 0 amide bonds. The van der Waals surface area contributed by atoms with E-state index in [2.05, 4.69) is 23.3 Å². The molecule has 0 unspecified atom stereocenters. The average Bonchev–Trinajstić information content (AvgIpc) is 2.18. The largest absolute Gasteiger partial charge is 0.328 e. The average molecular weight is 191 g/mol. The summed E-state index contributed by atoms with van der Waals surface area (Å²) in [5.74, 6) is 0. The number of nitrogens with zero attached hydrogens (tertiary/aromatic N) is 1. The third-order valence-electron chi connectivity index (χ3n) is 2.73. The lowest BCUT2D eigenvalue weighted by atomic mass is 9.93. The lowest BCUT2D eigenvalue weighted by Crippen LogP contribution is -2.44. The Bertz CT molecular complexity index is 276. The molecule has 1 saturated heterocycles. The van der Waals surface area contributed by atoms with E-state index in [0.717, 1.165) is 18.5 Å². The number of rotatable bonds is 1. The monoisotopic (exact) mass is 191 g/mol. The predicted molar refractivity (Wildman–Crippen MR) is 56.8 cm³/mol. The maximum absolute atomic E-state index is 5.99. The molecule has 0 bridgehead atoms. The lowest BCUT2D eigenvalue weighted by molar-refractivity contribution is 0.303. The van der Waals surface area contributed by atoms with Gasteiger partial charge in [-0.3, -0.25) is 4.98 Å². The van der Waals surface area contributed by atoms with E-state index >= 15 is 0 Å². The molecule has 1 fully saturated rings. The normalized spacial score (nSPS) is 32.9. The highest BCUT2D eigenvalue weighted by molar-refractivity contribution is 5.10. The van der Waals surface area contributed by atoms with Crippen molar-refractivity contribution in [2.75, 3.05) is 0 Å². The Morgan fingerprint density at radius 1 is 1.43 bits per heavy atom. The summed E-state index contributed by atoms with van der Waals surface area (Å²) in [6, 6.07) is 7.14. The zero-order valence-electron chi connectivity index (χ0n) is 8.48. The Hall–Kier alpha value is -0.930. The molecule has 0 aromatic carbocycles. The quantitative estimate of drug-likeness (QED) is 0.701. The minimum absolute atomic E-state index is 0.304. The van der Waals surface area contributed by atoms with Crippen molar-refractivity contribution >= 4 is 0 Å². The first-order valence-corrected chi connectivity index (χ1v) is 5.18. The Labute approximate surface area is 84.7 Å². The first-order chi connectivity index (χ1) is 6.75. The van der Waals surface area contributed by atoms with E-state index in [1.165, 1.54) is 0 Å². The van der Waals surface area contributed by atoms with Crippen molar-refractivity contribution in [3.63, 3.8) is 0 Å².